The van der Waals surface area contributed by atoms with Crippen LogP contribution in [0.4, 0.5) is 0 Å². The molecule has 63 heavy (non-hydrogen) atoms. The van der Waals surface area contributed by atoms with Crippen molar-refractivity contribution in [3.63, 3.8) is 0 Å². The molecule has 5 aromatic heterocycles. The summed E-state index contributed by atoms with van der Waals surface area (Å²) in [6.07, 6.45) is 1.82. The second-order valence-corrected chi connectivity index (χ2v) is 16.0. The maximum atomic E-state index is 6.09. The van der Waals surface area contributed by atoms with Gasteiger partial charge in [0.05, 0.1) is 27.8 Å². The summed E-state index contributed by atoms with van der Waals surface area (Å²) in [4.78, 5) is 15.0. The Hall–Kier alpha value is -8.61. The number of pyridine rings is 1. The van der Waals surface area contributed by atoms with E-state index in [4.69, 9.17) is 14.4 Å². The van der Waals surface area contributed by atoms with E-state index in [1.807, 2.05) is 42.6 Å². The molecule has 0 saturated carbocycles. The molecular formula is C57H35N5O. The largest absolute Gasteiger partial charge is 0.454 e. The van der Waals surface area contributed by atoms with Crippen molar-refractivity contribution in [1.29, 1.82) is 0 Å². The number of nitrogens with zero attached hydrogens (tertiary/aromatic N) is 5. The third-order valence-electron chi connectivity index (χ3n) is 12.4. The Balaban J connectivity index is 0.961. The molecule has 0 aliphatic carbocycles. The minimum Gasteiger partial charge on any atom is -0.454 e. The van der Waals surface area contributed by atoms with Crippen molar-refractivity contribution in [3.8, 4) is 56.4 Å². The first kappa shape index (κ1) is 35.2. The lowest BCUT2D eigenvalue weighted by atomic mass is 10.0. The maximum Gasteiger partial charge on any atom is 0.162 e. The summed E-state index contributed by atoms with van der Waals surface area (Å²) in [6, 6.07) is 72.8. The Morgan fingerprint density at radius 3 is 1.79 bits per heavy atom. The van der Waals surface area contributed by atoms with Gasteiger partial charge in [-0.05, 0) is 89.0 Å². The van der Waals surface area contributed by atoms with Crippen LogP contribution in [0, 0.1) is 0 Å². The second kappa shape index (κ2) is 14.0. The van der Waals surface area contributed by atoms with E-state index in [-0.39, 0.29) is 0 Å². The molecule has 0 fully saturated rings. The Kier molecular flexibility index (Phi) is 7.80. The molecule has 13 rings (SSSR count). The SMILES string of the molecule is c1ccc(-c2cc(-n3c4ccccc4c4ccc(-c5ccc6c(c5)c5ccccc5n6-c5cccc(-c6ccc7oc8cccnc8c7c6)c5)cc43)nc(-c3ccccc3)n2)cc1. The Labute approximate surface area is 361 Å². The smallest absolute Gasteiger partial charge is 0.162 e. The first-order valence-electron chi connectivity index (χ1n) is 21.2. The lowest BCUT2D eigenvalue weighted by Crippen LogP contribution is -2.02. The van der Waals surface area contributed by atoms with E-state index in [0.29, 0.717) is 5.82 Å². The van der Waals surface area contributed by atoms with E-state index < -0.39 is 0 Å². The van der Waals surface area contributed by atoms with Crippen LogP contribution in [0.1, 0.15) is 0 Å². The normalized spacial score (nSPS) is 11.8. The van der Waals surface area contributed by atoms with Gasteiger partial charge in [-0.1, -0.05) is 133 Å². The van der Waals surface area contributed by atoms with E-state index in [1.54, 1.807) is 0 Å². The summed E-state index contributed by atoms with van der Waals surface area (Å²) in [5, 5.41) is 5.76. The van der Waals surface area contributed by atoms with Crippen molar-refractivity contribution in [3.05, 3.63) is 212 Å². The lowest BCUT2D eigenvalue weighted by Gasteiger charge is -2.13. The van der Waals surface area contributed by atoms with Crippen LogP contribution < -0.4 is 0 Å². The monoisotopic (exact) mass is 805 g/mol. The summed E-state index contributed by atoms with van der Waals surface area (Å²) < 4.78 is 10.8. The van der Waals surface area contributed by atoms with Gasteiger partial charge in [-0.15, -0.1) is 0 Å². The fourth-order valence-corrected chi connectivity index (χ4v) is 9.45. The second-order valence-electron chi connectivity index (χ2n) is 16.0. The molecule has 13 aromatic rings. The minimum atomic E-state index is 0.686. The van der Waals surface area contributed by atoms with Crippen LogP contribution >= 0.6 is 0 Å². The van der Waals surface area contributed by atoms with Crippen molar-refractivity contribution in [2.75, 3.05) is 0 Å². The van der Waals surface area contributed by atoms with Crippen LogP contribution in [0.2, 0.25) is 0 Å². The maximum absolute atomic E-state index is 6.09. The van der Waals surface area contributed by atoms with Crippen molar-refractivity contribution in [1.82, 2.24) is 24.1 Å². The average molecular weight is 806 g/mol. The molecule has 0 saturated heterocycles. The molecule has 6 nitrogen and oxygen atoms in total. The molecule has 0 radical (unpaired) electrons. The number of hydrogen-bond donors (Lipinski definition) is 0. The Morgan fingerprint density at radius 1 is 0.349 bits per heavy atom. The zero-order valence-corrected chi connectivity index (χ0v) is 33.9. The molecule has 0 unspecified atom stereocenters. The molecule has 0 atom stereocenters. The summed E-state index contributed by atoms with van der Waals surface area (Å²) >= 11 is 0. The van der Waals surface area contributed by atoms with Gasteiger partial charge < -0.3 is 8.98 Å². The van der Waals surface area contributed by atoms with Crippen LogP contribution in [0.15, 0.2) is 217 Å². The van der Waals surface area contributed by atoms with Gasteiger partial charge in [0, 0.05) is 56.0 Å². The highest BCUT2D eigenvalue weighted by molar-refractivity contribution is 6.12. The number of aromatic nitrogens is 5. The number of hydrogen-bond acceptors (Lipinski definition) is 4. The third-order valence-corrected chi connectivity index (χ3v) is 12.4. The van der Waals surface area contributed by atoms with E-state index >= 15 is 0 Å². The van der Waals surface area contributed by atoms with E-state index in [2.05, 4.69) is 184 Å². The van der Waals surface area contributed by atoms with Crippen LogP contribution in [-0.4, -0.2) is 24.1 Å². The molecule has 294 valence electrons. The summed E-state index contributed by atoms with van der Waals surface area (Å²) in [6.45, 7) is 0. The number of para-hydroxylation sites is 2. The van der Waals surface area contributed by atoms with Gasteiger partial charge in [-0.2, -0.15) is 0 Å². The molecule has 8 aromatic carbocycles. The Bertz CT molecular complexity index is 3860. The zero-order valence-electron chi connectivity index (χ0n) is 33.9. The van der Waals surface area contributed by atoms with Gasteiger partial charge in [0.1, 0.15) is 16.9 Å². The van der Waals surface area contributed by atoms with Gasteiger partial charge >= 0.3 is 0 Å². The molecule has 6 heteroatoms. The van der Waals surface area contributed by atoms with Crippen LogP contribution in [0.25, 0.3) is 122 Å². The van der Waals surface area contributed by atoms with E-state index in [1.165, 1.54) is 21.5 Å². The molecule has 0 aliphatic rings. The molecular weight excluding hydrogens is 771 g/mol. The van der Waals surface area contributed by atoms with Crippen molar-refractivity contribution >= 4 is 65.7 Å². The zero-order chi connectivity index (χ0) is 41.4. The number of benzene rings is 8. The highest BCUT2D eigenvalue weighted by atomic mass is 16.3. The summed E-state index contributed by atoms with van der Waals surface area (Å²) in [5.74, 6) is 1.51. The van der Waals surface area contributed by atoms with E-state index in [0.717, 1.165) is 94.7 Å². The van der Waals surface area contributed by atoms with Gasteiger partial charge in [-0.25, -0.2) is 9.97 Å². The molecule has 0 N–H and O–H groups in total. The van der Waals surface area contributed by atoms with Gasteiger partial charge in [-0.3, -0.25) is 9.55 Å². The van der Waals surface area contributed by atoms with Crippen molar-refractivity contribution in [2.24, 2.45) is 0 Å². The van der Waals surface area contributed by atoms with Gasteiger partial charge in [0.25, 0.3) is 0 Å². The minimum absolute atomic E-state index is 0.686. The van der Waals surface area contributed by atoms with E-state index in [9.17, 15) is 0 Å². The summed E-state index contributed by atoms with van der Waals surface area (Å²) in [5.41, 5.74) is 15.5. The molecule has 0 amide bonds. The first-order chi connectivity index (χ1) is 31.2. The fraction of sp³-hybridized carbons (Fsp3) is 0. The number of rotatable bonds is 6. The van der Waals surface area contributed by atoms with Gasteiger partial charge in [0.15, 0.2) is 11.4 Å². The quantitative estimate of drug-likeness (QED) is 0.168. The molecule has 5 heterocycles. The number of fused-ring (bicyclic) bond motifs is 9. The summed E-state index contributed by atoms with van der Waals surface area (Å²) in [7, 11) is 0. The Morgan fingerprint density at radius 2 is 0.968 bits per heavy atom. The fourth-order valence-electron chi connectivity index (χ4n) is 9.45. The molecule has 0 spiro atoms. The molecule has 0 bridgehead atoms. The molecule has 0 aliphatic heterocycles. The number of furan rings is 1. The predicted octanol–water partition coefficient (Wildman–Crippen LogP) is 14.6. The highest BCUT2D eigenvalue weighted by Crippen LogP contribution is 2.40. The van der Waals surface area contributed by atoms with Crippen LogP contribution in [0.3, 0.4) is 0 Å². The average Bonchev–Trinajstić information content (AvgIpc) is 4.01. The van der Waals surface area contributed by atoms with Crippen molar-refractivity contribution in [2.45, 2.75) is 0 Å². The standard InChI is InChI=1S/C57H35N5O/c1-3-13-36(14-4-1)48-35-55(60-57(59-48)37-15-5-2-6-16-37)62-50-22-10-7-19-43(50)45-27-24-41(34-52(45)62)39-25-28-51-46(32-39)44-20-8-9-21-49(44)61(51)42-18-11-17-38(31-42)40-26-29-53-47(33-40)56-54(63-53)23-12-30-58-56/h1-35H. The third kappa shape index (κ3) is 5.69. The van der Waals surface area contributed by atoms with Gasteiger partial charge in [0.2, 0.25) is 0 Å². The van der Waals surface area contributed by atoms with Crippen LogP contribution in [0.5, 0.6) is 0 Å². The topological polar surface area (TPSA) is 61.7 Å². The lowest BCUT2D eigenvalue weighted by molar-refractivity contribution is 0.668. The predicted molar refractivity (Wildman–Crippen MR) is 258 cm³/mol. The van der Waals surface area contributed by atoms with Crippen molar-refractivity contribution < 1.29 is 4.42 Å². The van der Waals surface area contributed by atoms with Crippen LogP contribution in [-0.2, 0) is 0 Å². The highest BCUT2D eigenvalue weighted by Gasteiger charge is 2.19. The first-order valence-corrected chi connectivity index (χ1v) is 21.2.